The van der Waals surface area contributed by atoms with Crippen LogP contribution in [0.5, 0.6) is 0 Å². The van der Waals surface area contributed by atoms with E-state index in [2.05, 4.69) is 27.7 Å². The summed E-state index contributed by atoms with van der Waals surface area (Å²) in [6, 6.07) is 0. The van der Waals surface area contributed by atoms with E-state index < -0.39 is 0 Å². The van der Waals surface area contributed by atoms with Gasteiger partial charge in [-0.2, -0.15) is 0 Å². The fourth-order valence-corrected chi connectivity index (χ4v) is 5.82. The highest BCUT2D eigenvalue weighted by molar-refractivity contribution is 5.09. The zero-order valence-electron chi connectivity index (χ0n) is 12.0. The predicted octanol–water partition coefficient (Wildman–Crippen LogP) is 4.41. The molecule has 0 aromatic carbocycles. The monoisotopic (exact) mass is 236 g/mol. The van der Waals surface area contributed by atoms with Crippen molar-refractivity contribution in [1.82, 2.24) is 0 Å². The van der Waals surface area contributed by atoms with Crippen LogP contribution in [0, 0.1) is 22.7 Å². The Bertz CT molecular complexity index is 317. The van der Waals surface area contributed by atoms with Gasteiger partial charge in [-0.25, -0.2) is 0 Å². The number of ether oxygens (including phenoxy) is 1. The first-order valence-electron chi connectivity index (χ1n) is 7.52. The minimum absolute atomic E-state index is 0.207. The Hall–Kier alpha value is -0.0400. The number of fused-ring (bicyclic) bond motifs is 3. The van der Waals surface area contributed by atoms with Crippen molar-refractivity contribution in [2.45, 2.75) is 71.8 Å². The summed E-state index contributed by atoms with van der Waals surface area (Å²) in [6.07, 6.45) is 8.27. The van der Waals surface area contributed by atoms with Crippen LogP contribution in [-0.2, 0) is 4.74 Å². The lowest BCUT2D eigenvalue weighted by Crippen LogP contribution is -2.55. The van der Waals surface area contributed by atoms with Gasteiger partial charge < -0.3 is 4.74 Å². The standard InChI is InChI=1S/C16H28O/c1-14(2)8-5-9-15(3)12(14)6-10-16(4)13(15)7-11-17-16/h12-13H,5-11H2,1-4H3/t12?,13-,15?,16?/m0/s1. The van der Waals surface area contributed by atoms with Crippen molar-refractivity contribution >= 4 is 0 Å². The third-order valence-electron chi connectivity index (χ3n) is 6.58. The highest BCUT2D eigenvalue weighted by Crippen LogP contribution is 2.64. The molecule has 0 aromatic rings. The van der Waals surface area contributed by atoms with Crippen molar-refractivity contribution in [3.63, 3.8) is 0 Å². The second-order valence-electron chi connectivity index (χ2n) is 7.94. The highest BCUT2D eigenvalue weighted by atomic mass is 16.5. The summed E-state index contributed by atoms with van der Waals surface area (Å²) < 4.78 is 6.13. The molecular formula is C16H28O. The maximum atomic E-state index is 6.13. The first-order chi connectivity index (χ1) is 7.89. The molecule has 0 N–H and O–H groups in total. The summed E-state index contributed by atoms with van der Waals surface area (Å²) in [6.45, 7) is 11.0. The highest BCUT2D eigenvalue weighted by Gasteiger charge is 2.60. The molecule has 1 heteroatoms. The molecule has 2 aliphatic carbocycles. The van der Waals surface area contributed by atoms with Gasteiger partial charge in [0.25, 0.3) is 0 Å². The van der Waals surface area contributed by atoms with E-state index in [1.807, 2.05) is 0 Å². The second kappa shape index (κ2) is 3.50. The first kappa shape index (κ1) is 12.0. The molecule has 98 valence electrons. The Morgan fingerprint density at radius 2 is 1.65 bits per heavy atom. The van der Waals surface area contributed by atoms with E-state index in [0.29, 0.717) is 10.8 Å². The fourth-order valence-electron chi connectivity index (χ4n) is 5.82. The van der Waals surface area contributed by atoms with E-state index in [4.69, 9.17) is 4.74 Å². The van der Waals surface area contributed by atoms with Gasteiger partial charge in [0.05, 0.1) is 5.60 Å². The Morgan fingerprint density at radius 3 is 2.41 bits per heavy atom. The van der Waals surface area contributed by atoms with Crippen LogP contribution in [0.1, 0.15) is 66.2 Å². The van der Waals surface area contributed by atoms with Gasteiger partial charge in [-0.1, -0.05) is 27.2 Å². The summed E-state index contributed by atoms with van der Waals surface area (Å²) in [5.41, 5.74) is 1.31. The van der Waals surface area contributed by atoms with Crippen LogP contribution in [-0.4, -0.2) is 12.2 Å². The van der Waals surface area contributed by atoms with Crippen molar-refractivity contribution < 1.29 is 4.74 Å². The Balaban J connectivity index is 1.98. The van der Waals surface area contributed by atoms with E-state index in [-0.39, 0.29) is 5.60 Å². The molecule has 0 amide bonds. The summed E-state index contributed by atoms with van der Waals surface area (Å²) >= 11 is 0. The molecule has 3 fully saturated rings. The largest absolute Gasteiger partial charge is 0.375 e. The Morgan fingerprint density at radius 1 is 0.882 bits per heavy atom. The van der Waals surface area contributed by atoms with Gasteiger partial charge in [0.2, 0.25) is 0 Å². The Kier molecular flexibility index (Phi) is 2.47. The zero-order chi connectivity index (χ0) is 12.3. The molecule has 2 saturated carbocycles. The molecule has 3 unspecified atom stereocenters. The zero-order valence-corrected chi connectivity index (χ0v) is 12.0. The van der Waals surface area contributed by atoms with Crippen molar-refractivity contribution in [3.05, 3.63) is 0 Å². The first-order valence-corrected chi connectivity index (χ1v) is 7.52. The number of hydrogen-bond acceptors (Lipinski definition) is 1. The molecule has 4 atom stereocenters. The normalized spacial score (nSPS) is 52.9. The maximum Gasteiger partial charge on any atom is 0.0688 e. The third-order valence-corrected chi connectivity index (χ3v) is 6.58. The van der Waals surface area contributed by atoms with Crippen LogP contribution in [0.2, 0.25) is 0 Å². The fraction of sp³-hybridized carbons (Fsp3) is 1.00. The lowest BCUT2D eigenvalue weighted by Gasteiger charge is -2.60. The lowest BCUT2D eigenvalue weighted by atomic mass is 9.46. The molecule has 17 heavy (non-hydrogen) atoms. The van der Waals surface area contributed by atoms with Gasteiger partial charge >= 0.3 is 0 Å². The minimum atomic E-state index is 0.207. The van der Waals surface area contributed by atoms with Crippen LogP contribution in [0.25, 0.3) is 0 Å². The van der Waals surface area contributed by atoms with E-state index >= 15 is 0 Å². The van der Waals surface area contributed by atoms with Crippen LogP contribution in [0.4, 0.5) is 0 Å². The van der Waals surface area contributed by atoms with Crippen LogP contribution >= 0.6 is 0 Å². The van der Waals surface area contributed by atoms with E-state index in [0.717, 1.165) is 18.4 Å². The molecule has 1 saturated heterocycles. The van der Waals surface area contributed by atoms with E-state index in [1.165, 1.54) is 38.5 Å². The average molecular weight is 236 g/mol. The molecule has 0 aromatic heterocycles. The van der Waals surface area contributed by atoms with Gasteiger partial charge in [-0.3, -0.25) is 0 Å². The summed E-state index contributed by atoms with van der Waals surface area (Å²) in [5.74, 6) is 1.73. The van der Waals surface area contributed by atoms with Crippen LogP contribution < -0.4 is 0 Å². The second-order valence-corrected chi connectivity index (χ2v) is 7.94. The molecule has 3 aliphatic rings. The van der Waals surface area contributed by atoms with Gasteiger partial charge in [-0.05, 0) is 61.7 Å². The lowest BCUT2D eigenvalue weighted by molar-refractivity contribution is -0.147. The average Bonchev–Trinajstić information content (AvgIpc) is 2.60. The smallest absolute Gasteiger partial charge is 0.0688 e. The minimum Gasteiger partial charge on any atom is -0.375 e. The van der Waals surface area contributed by atoms with Crippen molar-refractivity contribution in [2.75, 3.05) is 6.61 Å². The summed E-state index contributed by atoms with van der Waals surface area (Å²) in [5, 5.41) is 0. The number of hydrogen-bond donors (Lipinski definition) is 0. The molecule has 0 bridgehead atoms. The van der Waals surface area contributed by atoms with Gasteiger partial charge in [0.15, 0.2) is 0 Å². The molecule has 0 radical (unpaired) electrons. The van der Waals surface area contributed by atoms with Crippen LogP contribution in [0.15, 0.2) is 0 Å². The molecule has 1 aliphatic heterocycles. The molecule has 3 rings (SSSR count). The Labute approximate surface area is 106 Å². The molecule has 1 heterocycles. The van der Waals surface area contributed by atoms with Crippen molar-refractivity contribution in [3.8, 4) is 0 Å². The van der Waals surface area contributed by atoms with Crippen molar-refractivity contribution in [2.24, 2.45) is 22.7 Å². The SMILES string of the molecule is CC1(C)CCCC2(C)C1CCC1(C)OCC[C@H]12. The maximum absolute atomic E-state index is 6.13. The summed E-state index contributed by atoms with van der Waals surface area (Å²) in [4.78, 5) is 0. The molecule has 0 spiro atoms. The van der Waals surface area contributed by atoms with Gasteiger partial charge in [0.1, 0.15) is 0 Å². The van der Waals surface area contributed by atoms with Crippen molar-refractivity contribution in [1.29, 1.82) is 0 Å². The number of rotatable bonds is 0. The van der Waals surface area contributed by atoms with E-state index in [9.17, 15) is 0 Å². The van der Waals surface area contributed by atoms with Gasteiger partial charge in [-0.15, -0.1) is 0 Å². The van der Waals surface area contributed by atoms with Crippen LogP contribution in [0.3, 0.4) is 0 Å². The molecule has 1 nitrogen and oxygen atoms in total. The third kappa shape index (κ3) is 1.54. The van der Waals surface area contributed by atoms with E-state index in [1.54, 1.807) is 0 Å². The predicted molar refractivity (Wildman–Crippen MR) is 70.9 cm³/mol. The molecular weight excluding hydrogens is 208 g/mol. The van der Waals surface area contributed by atoms with Gasteiger partial charge in [0, 0.05) is 6.61 Å². The summed E-state index contributed by atoms with van der Waals surface area (Å²) in [7, 11) is 0. The topological polar surface area (TPSA) is 9.23 Å². The quantitative estimate of drug-likeness (QED) is 0.605.